The smallest absolute Gasteiger partial charge is 0.165 e. The highest BCUT2D eigenvalue weighted by atomic mass is 15.6. The van der Waals surface area contributed by atoms with Gasteiger partial charge in [0.15, 0.2) is 5.82 Å². The van der Waals surface area contributed by atoms with Crippen LogP contribution in [0.5, 0.6) is 0 Å². The summed E-state index contributed by atoms with van der Waals surface area (Å²) in [5, 5.41) is 12.1. The van der Waals surface area contributed by atoms with Crippen LogP contribution in [0, 0.1) is 0 Å². The highest BCUT2D eigenvalue weighted by Crippen LogP contribution is 2.34. The minimum Gasteiger partial charge on any atom is -0.329 e. The molecule has 0 amide bonds. The number of tetrazole rings is 1. The fraction of sp³-hybridized carbons (Fsp3) is 0.533. The van der Waals surface area contributed by atoms with Crippen molar-refractivity contribution < 1.29 is 0 Å². The van der Waals surface area contributed by atoms with E-state index in [0.29, 0.717) is 12.6 Å². The normalized spacial score (nSPS) is 14.8. The van der Waals surface area contributed by atoms with Gasteiger partial charge in [0.05, 0.1) is 12.6 Å². The molecule has 2 N–H and O–H groups in total. The minimum absolute atomic E-state index is 0.517. The molecular weight excluding hydrogens is 264 g/mol. The first-order chi connectivity index (χ1) is 10.4. The number of nitrogens with zero attached hydrogens (tertiary/aromatic N) is 5. The first-order valence-electron chi connectivity index (χ1n) is 7.60. The Morgan fingerprint density at radius 1 is 1.19 bits per heavy atom. The third-order valence-corrected chi connectivity index (χ3v) is 3.82. The Hall–Kier alpha value is -1.79. The van der Waals surface area contributed by atoms with E-state index in [1.54, 1.807) is 0 Å². The Bertz CT molecular complexity index is 548. The average molecular weight is 286 g/mol. The van der Waals surface area contributed by atoms with E-state index in [0.717, 1.165) is 31.9 Å². The van der Waals surface area contributed by atoms with E-state index in [9.17, 15) is 0 Å². The van der Waals surface area contributed by atoms with Crippen molar-refractivity contribution in [3.8, 4) is 0 Å². The van der Waals surface area contributed by atoms with E-state index in [1.807, 2.05) is 10.7 Å². The summed E-state index contributed by atoms with van der Waals surface area (Å²) in [4.78, 5) is 2.33. The number of rotatable bonds is 8. The Morgan fingerprint density at radius 3 is 2.71 bits per heavy atom. The molecule has 1 aliphatic carbocycles. The lowest BCUT2D eigenvalue weighted by molar-refractivity contribution is 0.263. The summed E-state index contributed by atoms with van der Waals surface area (Å²) in [6, 6.07) is 11.0. The molecule has 1 fully saturated rings. The van der Waals surface area contributed by atoms with Crippen molar-refractivity contribution in [3.63, 3.8) is 0 Å². The van der Waals surface area contributed by atoms with E-state index < -0.39 is 0 Å². The van der Waals surface area contributed by atoms with Crippen LogP contribution in [-0.2, 0) is 13.0 Å². The lowest BCUT2D eigenvalue weighted by atomic mass is 10.1. The van der Waals surface area contributed by atoms with Gasteiger partial charge in [0.1, 0.15) is 0 Å². The molecule has 0 atom stereocenters. The maximum absolute atomic E-state index is 5.74. The summed E-state index contributed by atoms with van der Waals surface area (Å²) < 4.78 is 1.98. The fourth-order valence-corrected chi connectivity index (χ4v) is 2.50. The molecule has 0 radical (unpaired) electrons. The van der Waals surface area contributed by atoms with Crippen molar-refractivity contribution in [1.82, 2.24) is 25.1 Å². The summed E-state index contributed by atoms with van der Waals surface area (Å²) in [7, 11) is 0. The standard InChI is InChI=1S/C15H22N6/c16-9-11-20(10-8-13-4-2-1-3-5-13)12-15-17-18-19-21(15)14-6-7-14/h1-5,14H,6-12,16H2. The molecule has 0 spiro atoms. The molecular formula is C15H22N6. The molecule has 1 heterocycles. The van der Waals surface area contributed by atoms with E-state index in [2.05, 4.69) is 44.7 Å². The largest absolute Gasteiger partial charge is 0.329 e. The second kappa shape index (κ2) is 6.78. The van der Waals surface area contributed by atoms with Gasteiger partial charge in [-0.15, -0.1) is 5.10 Å². The van der Waals surface area contributed by atoms with Crippen LogP contribution in [0.4, 0.5) is 0 Å². The topological polar surface area (TPSA) is 72.9 Å². The maximum atomic E-state index is 5.74. The third kappa shape index (κ3) is 3.86. The summed E-state index contributed by atoms with van der Waals surface area (Å²) in [5.41, 5.74) is 7.09. The maximum Gasteiger partial charge on any atom is 0.165 e. The number of aromatic nitrogens is 4. The molecule has 1 aliphatic rings. The molecule has 3 rings (SSSR count). The van der Waals surface area contributed by atoms with Gasteiger partial charge in [0, 0.05) is 19.6 Å². The lowest BCUT2D eigenvalue weighted by Gasteiger charge is -2.20. The minimum atomic E-state index is 0.517. The molecule has 0 bridgehead atoms. The summed E-state index contributed by atoms with van der Waals surface area (Å²) in [5.74, 6) is 0.957. The van der Waals surface area contributed by atoms with Crippen LogP contribution in [0.25, 0.3) is 0 Å². The monoisotopic (exact) mass is 286 g/mol. The molecule has 1 aromatic carbocycles. The molecule has 6 nitrogen and oxygen atoms in total. The van der Waals surface area contributed by atoms with E-state index in [4.69, 9.17) is 5.73 Å². The van der Waals surface area contributed by atoms with Crippen LogP contribution in [0.2, 0.25) is 0 Å². The zero-order valence-electron chi connectivity index (χ0n) is 12.2. The van der Waals surface area contributed by atoms with Gasteiger partial charge in [-0.3, -0.25) is 4.90 Å². The summed E-state index contributed by atoms with van der Waals surface area (Å²) in [6.07, 6.45) is 3.41. The first kappa shape index (κ1) is 14.2. The van der Waals surface area contributed by atoms with Gasteiger partial charge in [0.25, 0.3) is 0 Å². The van der Waals surface area contributed by atoms with Crippen LogP contribution in [0.15, 0.2) is 30.3 Å². The van der Waals surface area contributed by atoms with E-state index in [-0.39, 0.29) is 0 Å². The predicted octanol–water partition coefficient (Wildman–Crippen LogP) is 1.01. The number of nitrogens with two attached hydrogens (primary N) is 1. The van der Waals surface area contributed by atoms with Gasteiger partial charge in [-0.05, 0) is 35.3 Å². The number of benzene rings is 1. The molecule has 0 unspecified atom stereocenters. The van der Waals surface area contributed by atoms with Crippen LogP contribution >= 0.6 is 0 Å². The molecule has 6 heteroatoms. The zero-order chi connectivity index (χ0) is 14.5. The van der Waals surface area contributed by atoms with Crippen molar-refractivity contribution in [1.29, 1.82) is 0 Å². The quantitative estimate of drug-likeness (QED) is 0.784. The average Bonchev–Trinajstić information content (AvgIpc) is 3.26. The van der Waals surface area contributed by atoms with E-state index in [1.165, 1.54) is 18.4 Å². The highest BCUT2D eigenvalue weighted by molar-refractivity contribution is 5.14. The van der Waals surface area contributed by atoms with Gasteiger partial charge in [-0.1, -0.05) is 30.3 Å². The van der Waals surface area contributed by atoms with Gasteiger partial charge in [-0.25, -0.2) is 4.68 Å². The molecule has 112 valence electrons. The van der Waals surface area contributed by atoms with Crippen molar-refractivity contribution in [2.24, 2.45) is 5.73 Å². The SMILES string of the molecule is NCCN(CCc1ccccc1)Cc1nnnn1C1CC1. The first-order valence-corrected chi connectivity index (χ1v) is 7.60. The lowest BCUT2D eigenvalue weighted by Crippen LogP contribution is -2.32. The second-order valence-corrected chi connectivity index (χ2v) is 5.57. The second-order valence-electron chi connectivity index (χ2n) is 5.57. The molecule has 1 saturated carbocycles. The zero-order valence-corrected chi connectivity index (χ0v) is 12.2. The van der Waals surface area contributed by atoms with Gasteiger partial charge >= 0.3 is 0 Å². The Balaban J connectivity index is 1.60. The number of hydrogen-bond donors (Lipinski definition) is 1. The van der Waals surface area contributed by atoms with Crippen molar-refractivity contribution in [2.75, 3.05) is 19.6 Å². The van der Waals surface area contributed by atoms with E-state index >= 15 is 0 Å². The van der Waals surface area contributed by atoms with Crippen LogP contribution in [0.3, 0.4) is 0 Å². The summed E-state index contributed by atoms with van der Waals surface area (Å²) in [6.45, 7) is 3.26. The fourth-order valence-electron chi connectivity index (χ4n) is 2.50. The Kier molecular flexibility index (Phi) is 4.57. The summed E-state index contributed by atoms with van der Waals surface area (Å²) >= 11 is 0. The van der Waals surface area contributed by atoms with Gasteiger partial charge < -0.3 is 5.73 Å². The van der Waals surface area contributed by atoms with Gasteiger partial charge in [0.2, 0.25) is 0 Å². The molecule has 0 saturated heterocycles. The van der Waals surface area contributed by atoms with Crippen molar-refractivity contribution in [2.45, 2.75) is 31.8 Å². The third-order valence-electron chi connectivity index (χ3n) is 3.82. The Morgan fingerprint density at radius 2 is 2.00 bits per heavy atom. The molecule has 0 aliphatic heterocycles. The van der Waals surface area contributed by atoms with Crippen LogP contribution in [0.1, 0.15) is 30.3 Å². The predicted molar refractivity (Wildman–Crippen MR) is 80.6 cm³/mol. The van der Waals surface area contributed by atoms with Crippen molar-refractivity contribution in [3.05, 3.63) is 41.7 Å². The number of hydrogen-bond acceptors (Lipinski definition) is 5. The van der Waals surface area contributed by atoms with Crippen molar-refractivity contribution >= 4 is 0 Å². The Labute approximate surface area is 124 Å². The van der Waals surface area contributed by atoms with Crippen LogP contribution < -0.4 is 5.73 Å². The molecule has 1 aromatic heterocycles. The molecule has 2 aromatic rings. The molecule has 21 heavy (non-hydrogen) atoms. The highest BCUT2D eigenvalue weighted by Gasteiger charge is 2.28. The van der Waals surface area contributed by atoms with Gasteiger partial charge in [-0.2, -0.15) is 0 Å². The van der Waals surface area contributed by atoms with Crippen LogP contribution in [-0.4, -0.2) is 44.7 Å².